The Morgan fingerprint density at radius 2 is 1.55 bits per heavy atom. The fraction of sp³-hybridized carbons (Fsp3) is 0.333. The van der Waals surface area contributed by atoms with Gasteiger partial charge in [-0.2, -0.15) is 0 Å². The van der Waals surface area contributed by atoms with Crippen molar-refractivity contribution < 1.29 is 23.5 Å². The van der Waals surface area contributed by atoms with Crippen LogP contribution in [0.2, 0.25) is 0 Å². The Morgan fingerprint density at radius 3 is 2.26 bits per heavy atom. The fourth-order valence-corrected chi connectivity index (χ4v) is 6.15. The number of ether oxygens (including phenoxy) is 2. The summed E-state index contributed by atoms with van der Waals surface area (Å²) in [4.78, 5) is 33.9. The number of carbonyl (C=O) groups excluding carboxylic acids is 2. The number of piperazine rings is 1. The number of hydrogen-bond donors (Lipinski definition) is 0. The van der Waals surface area contributed by atoms with Gasteiger partial charge in [-0.25, -0.2) is 4.39 Å². The zero-order chi connectivity index (χ0) is 26.4. The van der Waals surface area contributed by atoms with Crippen molar-refractivity contribution in [3.05, 3.63) is 88.7 Å². The topological polar surface area (TPSA) is 62.3 Å². The first-order valence-electron chi connectivity index (χ1n) is 12.9. The smallest absolute Gasteiger partial charge is 0.254 e. The molecule has 0 unspecified atom stereocenters. The first-order chi connectivity index (χ1) is 18.5. The molecule has 0 N–H and O–H groups in total. The van der Waals surface area contributed by atoms with Crippen molar-refractivity contribution in [3.8, 4) is 11.5 Å². The number of fused-ring (bicyclic) bond motifs is 4. The molecule has 0 spiro atoms. The first kappa shape index (κ1) is 24.3. The summed E-state index contributed by atoms with van der Waals surface area (Å²) in [6, 6.07) is 17.4. The van der Waals surface area contributed by atoms with E-state index >= 15 is 0 Å². The van der Waals surface area contributed by atoms with Crippen LogP contribution in [-0.2, 0) is 11.2 Å². The molecule has 38 heavy (non-hydrogen) atoms. The Hall–Kier alpha value is -4.07. The second-order valence-electron chi connectivity index (χ2n) is 9.95. The molecular formula is C30H30FN3O4. The van der Waals surface area contributed by atoms with Gasteiger partial charge in [-0.3, -0.25) is 9.59 Å². The summed E-state index contributed by atoms with van der Waals surface area (Å²) in [5.41, 5.74) is 4.30. The molecule has 1 fully saturated rings. The minimum absolute atomic E-state index is 0.0151. The molecule has 0 radical (unpaired) electrons. The number of rotatable bonds is 4. The van der Waals surface area contributed by atoms with Crippen molar-refractivity contribution in [2.75, 3.05) is 51.8 Å². The van der Waals surface area contributed by atoms with Gasteiger partial charge in [0.05, 0.1) is 26.2 Å². The molecule has 0 bridgehead atoms. The number of hydrogen-bond acceptors (Lipinski definition) is 5. The van der Waals surface area contributed by atoms with E-state index in [-0.39, 0.29) is 17.6 Å². The Labute approximate surface area is 221 Å². The lowest BCUT2D eigenvalue weighted by atomic mass is 9.75. The van der Waals surface area contributed by atoms with E-state index in [4.69, 9.17) is 9.47 Å². The van der Waals surface area contributed by atoms with E-state index in [1.54, 1.807) is 26.4 Å². The van der Waals surface area contributed by atoms with Crippen molar-refractivity contribution in [2.24, 2.45) is 0 Å². The summed E-state index contributed by atoms with van der Waals surface area (Å²) in [6.07, 6.45) is 0.678. The molecule has 6 rings (SSSR count). The SMILES string of the molecule is COc1cc2c(cc1OC)[C@@H]1[C@H](C(=O)N3CCN(c4ccc(F)cc4)CC3)c3ccccc3C(=O)N1CC2. The Balaban J connectivity index is 1.36. The van der Waals surface area contributed by atoms with E-state index in [0.29, 0.717) is 56.2 Å². The summed E-state index contributed by atoms with van der Waals surface area (Å²) in [5.74, 6) is 0.399. The average Bonchev–Trinajstić information content (AvgIpc) is 2.96. The van der Waals surface area contributed by atoms with Gasteiger partial charge in [0.2, 0.25) is 5.91 Å². The Morgan fingerprint density at radius 1 is 0.868 bits per heavy atom. The zero-order valence-electron chi connectivity index (χ0n) is 21.5. The van der Waals surface area contributed by atoms with Crippen LogP contribution in [0.4, 0.5) is 10.1 Å². The average molecular weight is 516 g/mol. The van der Waals surface area contributed by atoms with Crippen LogP contribution in [0.1, 0.15) is 39.0 Å². The van der Waals surface area contributed by atoms with Gasteiger partial charge in [-0.1, -0.05) is 18.2 Å². The van der Waals surface area contributed by atoms with Crippen molar-refractivity contribution in [1.82, 2.24) is 9.80 Å². The van der Waals surface area contributed by atoms with Gasteiger partial charge < -0.3 is 24.2 Å². The van der Waals surface area contributed by atoms with Crippen LogP contribution >= 0.6 is 0 Å². The standard InChI is InChI=1S/C30H30FN3O4/c1-37-25-17-19-11-12-34-28(24(19)18-26(25)38-2)27(22-5-3-4-6-23(22)29(34)35)30(36)33-15-13-32(14-16-33)21-9-7-20(31)8-10-21/h3-10,17-18,27-28H,11-16H2,1-2H3/t27-,28-/m1/s1. The second-order valence-corrected chi connectivity index (χ2v) is 9.95. The minimum atomic E-state index is -0.529. The molecule has 3 aliphatic rings. The highest BCUT2D eigenvalue weighted by atomic mass is 19.1. The van der Waals surface area contributed by atoms with Gasteiger partial charge in [0.25, 0.3) is 5.91 Å². The monoisotopic (exact) mass is 515 g/mol. The summed E-state index contributed by atoms with van der Waals surface area (Å²) in [5, 5.41) is 0. The van der Waals surface area contributed by atoms with Crippen LogP contribution < -0.4 is 14.4 Å². The molecule has 3 aromatic carbocycles. The quantitative estimate of drug-likeness (QED) is 0.525. The van der Waals surface area contributed by atoms with Crippen LogP contribution in [0.3, 0.4) is 0 Å². The summed E-state index contributed by atoms with van der Waals surface area (Å²) < 4.78 is 24.5. The number of nitrogens with zero attached hydrogens (tertiary/aromatic N) is 3. The predicted molar refractivity (Wildman–Crippen MR) is 141 cm³/mol. The van der Waals surface area contributed by atoms with Crippen molar-refractivity contribution in [3.63, 3.8) is 0 Å². The van der Waals surface area contributed by atoms with E-state index in [1.165, 1.54) is 12.1 Å². The highest BCUT2D eigenvalue weighted by Gasteiger charge is 2.48. The van der Waals surface area contributed by atoms with Gasteiger partial charge >= 0.3 is 0 Å². The third-order valence-corrected chi connectivity index (χ3v) is 8.07. The van der Waals surface area contributed by atoms with Gasteiger partial charge in [0, 0.05) is 44.0 Å². The number of halogens is 1. The van der Waals surface area contributed by atoms with Crippen molar-refractivity contribution in [2.45, 2.75) is 18.4 Å². The lowest BCUT2D eigenvalue weighted by Gasteiger charge is -2.47. The molecule has 2 atom stereocenters. The summed E-state index contributed by atoms with van der Waals surface area (Å²) >= 11 is 0. The molecule has 8 heteroatoms. The molecular weight excluding hydrogens is 485 g/mol. The molecule has 7 nitrogen and oxygen atoms in total. The van der Waals surface area contributed by atoms with Gasteiger partial charge in [0.1, 0.15) is 5.82 Å². The van der Waals surface area contributed by atoms with E-state index in [9.17, 15) is 14.0 Å². The van der Waals surface area contributed by atoms with Crippen LogP contribution in [0, 0.1) is 5.82 Å². The van der Waals surface area contributed by atoms with Gasteiger partial charge in [0.15, 0.2) is 11.5 Å². The maximum absolute atomic E-state index is 14.3. The Bertz CT molecular complexity index is 1380. The highest BCUT2D eigenvalue weighted by molar-refractivity contribution is 6.01. The lowest BCUT2D eigenvalue weighted by molar-refractivity contribution is -0.135. The predicted octanol–water partition coefficient (Wildman–Crippen LogP) is 4.03. The maximum Gasteiger partial charge on any atom is 0.254 e. The summed E-state index contributed by atoms with van der Waals surface area (Å²) in [7, 11) is 3.20. The third kappa shape index (κ3) is 3.95. The van der Waals surface area contributed by atoms with Crippen LogP contribution in [-0.4, -0.2) is 68.6 Å². The first-order valence-corrected chi connectivity index (χ1v) is 12.9. The number of benzene rings is 3. The van der Waals surface area contributed by atoms with Crippen molar-refractivity contribution in [1.29, 1.82) is 0 Å². The van der Waals surface area contributed by atoms with Gasteiger partial charge in [-0.15, -0.1) is 0 Å². The number of carbonyl (C=O) groups is 2. The molecule has 196 valence electrons. The third-order valence-electron chi connectivity index (χ3n) is 8.07. The molecule has 0 saturated carbocycles. The summed E-state index contributed by atoms with van der Waals surface area (Å²) in [6.45, 7) is 2.94. The molecule has 2 amide bonds. The Kier molecular flexibility index (Phi) is 6.18. The molecule has 1 saturated heterocycles. The van der Waals surface area contributed by atoms with E-state index in [1.807, 2.05) is 46.2 Å². The van der Waals surface area contributed by atoms with E-state index < -0.39 is 12.0 Å². The number of amides is 2. The molecule has 3 aliphatic heterocycles. The van der Waals surface area contributed by atoms with Crippen LogP contribution in [0.5, 0.6) is 11.5 Å². The highest BCUT2D eigenvalue weighted by Crippen LogP contribution is 2.49. The largest absolute Gasteiger partial charge is 0.493 e. The van der Waals surface area contributed by atoms with Gasteiger partial charge in [-0.05, 0) is 65.6 Å². The number of anilines is 1. The normalized spacial score (nSPS) is 20.4. The lowest BCUT2D eigenvalue weighted by Crippen LogP contribution is -2.54. The van der Waals surface area contributed by atoms with Crippen LogP contribution in [0.15, 0.2) is 60.7 Å². The van der Waals surface area contributed by atoms with Crippen LogP contribution in [0.25, 0.3) is 0 Å². The number of methoxy groups -OCH3 is 2. The maximum atomic E-state index is 14.3. The van der Waals surface area contributed by atoms with E-state index in [0.717, 1.165) is 22.4 Å². The molecule has 0 aromatic heterocycles. The fourth-order valence-electron chi connectivity index (χ4n) is 6.15. The van der Waals surface area contributed by atoms with E-state index in [2.05, 4.69) is 4.90 Å². The molecule has 0 aliphatic carbocycles. The van der Waals surface area contributed by atoms with Crippen molar-refractivity contribution >= 4 is 17.5 Å². The second kappa shape index (κ2) is 9.67. The molecule has 3 heterocycles. The molecule has 3 aromatic rings. The minimum Gasteiger partial charge on any atom is -0.493 e. The zero-order valence-corrected chi connectivity index (χ0v) is 21.5.